The van der Waals surface area contributed by atoms with E-state index in [1.165, 1.54) is 6.07 Å². The average Bonchev–Trinajstić information content (AvgIpc) is 2.76. The topological polar surface area (TPSA) is 136 Å². The summed E-state index contributed by atoms with van der Waals surface area (Å²) in [7, 11) is -9.84. The van der Waals surface area contributed by atoms with Crippen molar-refractivity contribution in [1.29, 1.82) is 0 Å². The average molecular weight is 539 g/mol. The monoisotopic (exact) mass is 538 g/mol. The van der Waals surface area contributed by atoms with E-state index < -0.39 is 30.0 Å². The Labute approximate surface area is 234 Å². The summed E-state index contributed by atoms with van der Waals surface area (Å²) in [6.45, 7) is 8.98. The number of rotatable bonds is 7. The van der Waals surface area contributed by atoms with Gasteiger partial charge in [0.2, 0.25) is 0 Å². The van der Waals surface area contributed by atoms with Crippen LogP contribution in [0.15, 0.2) is 80.6 Å². The Kier molecular flexibility index (Phi) is 10.1. The molecule has 36 heavy (non-hydrogen) atoms. The molecule has 0 saturated carbocycles. The van der Waals surface area contributed by atoms with E-state index in [-0.39, 0.29) is 35.1 Å². The first-order chi connectivity index (χ1) is 16.4. The van der Waals surface area contributed by atoms with Crippen LogP contribution in [0, 0.1) is 6.92 Å². The first-order valence-electron chi connectivity index (χ1n) is 10.9. The molecule has 2 aromatic carbocycles. The Bertz CT molecular complexity index is 1500. The fourth-order valence-electron chi connectivity index (χ4n) is 3.92. The fourth-order valence-corrected chi connectivity index (χ4v) is 5.21. The van der Waals surface area contributed by atoms with Gasteiger partial charge < -0.3 is 9.87 Å². The van der Waals surface area contributed by atoms with E-state index in [4.69, 9.17) is 0 Å². The summed E-state index contributed by atoms with van der Waals surface area (Å²) >= 11 is 0. The van der Waals surface area contributed by atoms with Crippen molar-refractivity contribution in [3.8, 4) is 0 Å². The van der Waals surface area contributed by atoms with Crippen LogP contribution in [0.5, 0.6) is 0 Å². The van der Waals surface area contributed by atoms with E-state index in [9.17, 15) is 25.9 Å². The maximum absolute atomic E-state index is 12.2. The first-order valence-corrected chi connectivity index (χ1v) is 13.8. The SMILES string of the molecule is CC/N=C1C=C/C(=C(\c2ccc(NCC)c(C)c2)c2ccc(S(=O)(=O)O)cc2S(=O)(=O)[O-])C=C/1C.[Na+]. The quantitative estimate of drug-likeness (QED) is 0.401. The van der Waals surface area contributed by atoms with Gasteiger partial charge in [0.1, 0.15) is 10.1 Å². The largest absolute Gasteiger partial charge is 1.00 e. The summed E-state index contributed by atoms with van der Waals surface area (Å²) in [5.41, 5.74) is 5.16. The molecule has 0 fully saturated rings. The third-order valence-corrected chi connectivity index (χ3v) is 7.21. The minimum Gasteiger partial charge on any atom is -0.744 e. The van der Waals surface area contributed by atoms with Crippen molar-refractivity contribution in [3.63, 3.8) is 0 Å². The van der Waals surface area contributed by atoms with Gasteiger partial charge in [0.15, 0.2) is 0 Å². The Morgan fingerprint density at radius 2 is 1.72 bits per heavy atom. The molecule has 0 amide bonds. The molecule has 3 rings (SSSR count). The molecule has 1 aliphatic carbocycles. The van der Waals surface area contributed by atoms with Crippen molar-refractivity contribution in [3.05, 3.63) is 82.5 Å². The third kappa shape index (κ3) is 6.83. The maximum Gasteiger partial charge on any atom is 1.00 e. The van der Waals surface area contributed by atoms with Crippen LogP contribution < -0.4 is 34.9 Å². The molecule has 0 unspecified atom stereocenters. The van der Waals surface area contributed by atoms with Crippen LogP contribution in [-0.4, -0.2) is 44.7 Å². The van der Waals surface area contributed by atoms with Crippen molar-refractivity contribution in [2.75, 3.05) is 18.4 Å². The minimum absolute atomic E-state index is 0. The molecule has 0 atom stereocenters. The van der Waals surface area contributed by atoms with Gasteiger partial charge in [-0.3, -0.25) is 9.55 Å². The van der Waals surface area contributed by atoms with E-state index in [2.05, 4.69) is 10.3 Å². The number of hydrogen-bond acceptors (Lipinski definition) is 7. The van der Waals surface area contributed by atoms with E-state index in [1.54, 1.807) is 12.1 Å². The predicted octanol–water partition coefficient (Wildman–Crippen LogP) is 1.36. The summed E-state index contributed by atoms with van der Waals surface area (Å²) in [5.74, 6) is 0. The van der Waals surface area contributed by atoms with Crippen molar-refractivity contribution >= 4 is 37.2 Å². The molecule has 2 N–H and O–H groups in total. The molecule has 2 aromatic rings. The number of nitrogens with zero attached hydrogens (tertiary/aromatic N) is 1. The van der Waals surface area contributed by atoms with E-state index in [0.29, 0.717) is 35.9 Å². The second kappa shape index (κ2) is 12.0. The zero-order valence-electron chi connectivity index (χ0n) is 20.9. The van der Waals surface area contributed by atoms with Gasteiger partial charge in [-0.2, -0.15) is 8.42 Å². The first kappa shape index (κ1) is 30.2. The number of aryl methyl sites for hydroxylation is 1. The normalized spacial score (nSPS) is 16.4. The van der Waals surface area contributed by atoms with Gasteiger partial charge in [0.25, 0.3) is 10.1 Å². The van der Waals surface area contributed by atoms with Crippen LogP contribution >= 0.6 is 0 Å². The standard InChI is InChI=1S/C25H28N2O6S2.Na/c1-5-26-22-11-7-18(13-16(22)3)25(19-8-12-23(27-6-2)17(4)14-19)21-10-9-20(34(28,29)30)15-24(21)35(31,32)33;/h7-15,26H,5-6H2,1-4H3,(H,28,29,30)(H,31,32,33);/q;+1/p-1/b25-19-,27-23-;. The Morgan fingerprint density at radius 1 is 1.03 bits per heavy atom. The molecule has 0 aromatic heterocycles. The van der Waals surface area contributed by atoms with Crippen LogP contribution in [0.2, 0.25) is 0 Å². The van der Waals surface area contributed by atoms with Gasteiger partial charge in [-0.15, -0.1) is 0 Å². The van der Waals surface area contributed by atoms with Crippen LogP contribution in [0.25, 0.3) is 5.57 Å². The van der Waals surface area contributed by atoms with Crippen LogP contribution in [0.4, 0.5) is 5.69 Å². The van der Waals surface area contributed by atoms with Crippen molar-refractivity contribution in [2.45, 2.75) is 37.5 Å². The number of nitrogens with one attached hydrogen (secondary N) is 1. The number of allylic oxidation sites excluding steroid dienone is 5. The number of anilines is 1. The van der Waals surface area contributed by atoms with E-state index in [0.717, 1.165) is 28.6 Å². The Hall–Kier alpha value is -2.05. The molecule has 0 bridgehead atoms. The summed E-state index contributed by atoms with van der Waals surface area (Å²) in [5, 5.41) is 3.25. The summed E-state index contributed by atoms with van der Waals surface area (Å²) in [6.07, 6.45) is 5.43. The smallest absolute Gasteiger partial charge is 0.744 e. The maximum atomic E-state index is 12.2. The van der Waals surface area contributed by atoms with Crippen molar-refractivity contribution < 1.29 is 55.5 Å². The summed E-state index contributed by atoms with van der Waals surface area (Å²) < 4.78 is 69.5. The molecule has 0 aliphatic heterocycles. The number of benzene rings is 2. The molecule has 0 heterocycles. The molecule has 0 spiro atoms. The van der Waals surface area contributed by atoms with Gasteiger partial charge in [0, 0.05) is 24.3 Å². The van der Waals surface area contributed by atoms with Crippen LogP contribution in [0.3, 0.4) is 0 Å². The second-order valence-corrected chi connectivity index (χ2v) is 10.8. The van der Waals surface area contributed by atoms with E-state index >= 15 is 0 Å². The molecule has 0 saturated heterocycles. The van der Waals surface area contributed by atoms with Crippen LogP contribution in [-0.2, 0) is 20.2 Å². The van der Waals surface area contributed by atoms with Gasteiger partial charge in [0.05, 0.1) is 15.5 Å². The van der Waals surface area contributed by atoms with Gasteiger partial charge in [-0.05, 0) is 92.0 Å². The summed E-state index contributed by atoms with van der Waals surface area (Å²) in [4.78, 5) is 3.02. The molecule has 8 nitrogen and oxygen atoms in total. The molecular formula is C25H27N2NaO6S2. The molecule has 186 valence electrons. The van der Waals surface area contributed by atoms with Gasteiger partial charge in [-0.1, -0.05) is 18.2 Å². The van der Waals surface area contributed by atoms with E-state index in [1.807, 2.05) is 52.0 Å². The third-order valence-electron chi connectivity index (χ3n) is 5.49. The summed E-state index contributed by atoms with van der Waals surface area (Å²) in [6, 6.07) is 8.53. The second-order valence-electron chi connectivity index (χ2n) is 8.00. The van der Waals surface area contributed by atoms with Crippen LogP contribution in [0.1, 0.15) is 37.5 Å². The number of aliphatic imine (C=N–C) groups is 1. The number of hydrogen-bond donors (Lipinski definition) is 2. The predicted molar refractivity (Wildman–Crippen MR) is 136 cm³/mol. The molecular weight excluding hydrogens is 511 g/mol. The zero-order chi connectivity index (χ0) is 26.0. The Morgan fingerprint density at radius 3 is 2.25 bits per heavy atom. The van der Waals surface area contributed by atoms with Gasteiger partial charge in [-0.25, -0.2) is 8.42 Å². The molecule has 0 radical (unpaired) electrons. The molecule has 11 heteroatoms. The van der Waals surface area contributed by atoms with Gasteiger partial charge >= 0.3 is 29.6 Å². The zero-order valence-corrected chi connectivity index (χ0v) is 24.5. The van der Waals surface area contributed by atoms with Crippen molar-refractivity contribution in [1.82, 2.24) is 0 Å². The fraction of sp³-hybridized carbons (Fsp3) is 0.240. The van der Waals surface area contributed by atoms with Crippen molar-refractivity contribution in [2.24, 2.45) is 4.99 Å². The molecule has 1 aliphatic rings. The minimum atomic E-state index is -5.11. The Balaban J connectivity index is 0.00000456.